The molecule has 0 bridgehead atoms. The molecule has 6 heteroatoms. The Kier molecular flexibility index (Phi) is 5.52. The van der Waals surface area contributed by atoms with Crippen molar-refractivity contribution in [3.63, 3.8) is 0 Å². The van der Waals surface area contributed by atoms with Gasteiger partial charge in [0.15, 0.2) is 5.89 Å². The van der Waals surface area contributed by atoms with Crippen LogP contribution in [0.25, 0.3) is 0 Å². The van der Waals surface area contributed by atoms with E-state index in [0.29, 0.717) is 12.3 Å². The van der Waals surface area contributed by atoms with E-state index in [1.54, 1.807) is 20.0 Å². The number of carboxylic acid groups (broad SMARTS) is 1. The number of carboxylic acids is 1. The Hall–Kier alpha value is -1.85. The van der Waals surface area contributed by atoms with Crippen molar-refractivity contribution < 1.29 is 19.1 Å². The topological polar surface area (TPSA) is 83.6 Å². The maximum atomic E-state index is 12.1. The van der Waals surface area contributed by atoms with Crippen LogP contribution in [0.3, 0.4) is 0 Å². The fourth-order valence-electron chi connectivity index (χ4n) is 1.83. The molecule has 0 aliphatic rings. The van der Waals surface area contributed by atoms with Gasteiger partial charge in [-0.15, -0.1) is 0 Å². The summed E-state index contributed by atoms with van der Waals surface area (Å²) < 4.78 is 5.62. The van der Waals surface area contributed by atoms with Gasteiger partial charge in [0.2, 0.25) is 5.91 Å². The van der Waals surface area contributed by atoms with E-state index in [9.17, 15) is 9.59 Å². The molecule has 6 nitrogen and oxygen atoms in total. The third kappa shape index (κ3) is 5.21. The van der Waals surface area contributed by atoms with Crippen LogP contribution in [0, 0.1) is 0 Å². The van der Waals surface area contributed by atoms with E-state index in [0.717, 1.165) is 5.76 Å². The molecule has 0 atom stereocenters. The number of aryl methyl sites for hydroxylation is 1. The van der Waals surface area contributed by atoms with Crippen LogP contribution in [0.5, 0.6) is 0 Å². The molecule has 1 aromatic heterocycles. The highest BCUT2D eigenvalue weighted by molar-refractivity contribution is 5.81. The molecular weight excluding hydrogens is 272 g/mol. The molecule has 0 unspecified atom stereocenters. The Balaban J connectivity index is 2.63. The highest BCUT2D eigenvalue weighted by Crippen LogP contribution is 2.23. The first-order valence-electron chi connectivity index (χ1n) is 7.07. The summed E-state index contributed by atoms with van der Waals surface area (Å²) in [5.41, 5.74) is -0.122. The van der Waals surface area contributed by atoms with Gasteiger partial charge in [0.05, 0.1) is 6.20 Å². The normalized spacial score (nSPS) is 11.7. The van der Waals surface area contributed by atoms with E-state index in [1.807, 2.05) is 20.8 Å². The summed E-state index contributed by atoms with van der Waals surface area (Å²) in [6, 6.07) is -0.150. The molecule has 118 valence electrons. The van der Waals surface area contributed by atoms with Crippen LogP contribution in [-0.2, 0) is 21.4 Å². The van der Waals surface area contributed by atoms with Gasteiger partial charge in [-0.3, -0.25) is 9.59 Å². The molecule has 1 rings (SSSR count). The number of oxazole rings is 1. The quantitative estimate of drug-likeness (QED) is 0.870. The van der Waals surface area contributed by atoms with Crippen LogP contribution in [0.15, 0.2) is 10.6 Å². The van der Waals surface area contributed by atoms with E-state index in [-0.39, 0.29) is 30.3 Å². The van der Waals surface area contributed by atoms with Crippen LogP contribution in [-0.4, -0.2) is 39.5 Å². The molecule has 21 heavy (non-hydrogen) atoms. The number of carbonyl (C=O) groups is 2. The summed E-state index contributed by atoms with van der Waals surface area (Å²) in [6.07, 6.45) is 2.24. The Morgan fingerprint density at radius 2 is 2.00 bits per heavy atom. The molecule has 1 amide bonds. The fraction of sp³-hybridized carbons (Fsp3) is 0.667. The van der Waals surface area contributed by atoms with E-state index in [4.69, 9.17) is 9.52 Å². The molecule has 0 aliphatic heterocycles. The zero-order chi connectivity index (χ0) is 16.2. The maximum absolute atomic E-state index is 12.1. The van der Waals surface area contributed by atoms with Gasteiger partial charge in [-0.25, -0.2) is 4.98 Å². The number of rotatable bonds is 6. The van der Waals surface area contributed by atoms with E-state index >= 15 is 0 Å². The lowest BCUT2D eigenvalue weighted by atomic mass is 9.94. The smallest absolute Gasteiger partial charge is 0.323 e. The molecule has 0 fully saturated rings. The van der Waals surface area contributed by atoms with Crippen molar-refractivity contribution in [3.8, 4) is 0 Å². The molecular formula is C15H24N2O4. The predicted molar refractivity (Wildman–Crippen MR) is 78.0 cm³/mol. The standard InChI is InChI=1S/C15H24N2O4/c1-10(2)17(9-14(19)20)13(18)7-6-12-16-8-11(21-12)15(3,4)5/h8,10H,6-7,9H2,1-5H3,(H,19,20). The third-order valence-corrected chi connectivity index (χ3v) is 3.09. The van der Waals surface area contributed by atoms with E-state index < -0.39 is 5.97 Å². The van der Waals surface area contributed by atoms with Crippen molar-refractivity contribution in [2.45, 2.75) is 58.9 Å². The van der Waals surface area contributed by atoms with Gasteiger partial charge < -0.3 is 14.4 Å². The van der Waals surface area contributed by atoms with E-state index in [1.165, 1.54) is 4.90 Å². The summed E-state index contributed by atoms with van der Waals surface area (Å²) in [5.74, 6) is 0.0645. The van der Waals surface area contributed by atoms with Gasteiger partial charge in [0.25, 0.3) is 0 Å². The minimum Gasteiger partial charge on any atom is -0.480 e. The highest BCUT2D eigenvalue weighted by Gasteiger charge is 2.22. The van der Waals surface area contributed by atoms with Crippen LogP contribution in [0.4, 0.5) is 0 Å². The maximum Gasteiger partial charge on any atom is 0.323 e. The molecule has 1 aromatic rings. The molecule has 1 N–H and O–H groups in total. The van der Waals surface area contributed by atoms with Crippen LogP contribution >= 0.6 is 0 Å². The first-order chi connectivity index (χ1) is 9.61. The Morgan fingerprint density at radius 1 is 1.38 bits per heavy atom. The van der Waals surface area contributed by atoms with Crippen molar-refractivity contribution in [3.05, 3.63) is 17.8 Å². The second-order valence-electron chi connectivity index (χ2n) is 6.38. The van der Waals surface area contributed by atoms with Crippen LogP contribution in [0.1, 0.15) is 52.7 Å². The first kappa shape index (κ1) is 17.2. The number of carbonyl (C=O) groups excluding carboxylic acids is 1. The molecule has 1 heterocycles. The van der Waals surface area contributed by atoms with Crippen LogP contribution in [0.2, 0.25) is 0 Å². The lowest BCUT2D eigenvalue weighted by Crippen LogP contribution is -2.40. The van der Waals surface area contributed by atoms with Gasteiger partial charge in [-0.05, 0) is 13.8 Å². The van der Waals surface area contributed by atoms with Crippen molar-refractivity contribution in [2.24, 2.45) is 0 Å². The molecule has 0 saturated heterocycles. The molecule has 0 radical (unpaired) electrons. The third-order valence-electron chi connectivity index (χ3n) is 3.09. The number of aromatic nitrogens is 1. The largest absolute Gasteiger partial charge is 0.480 e. The van der Waals surface area contributed by atoms with Crippen molar-refractivity contribution in [1.82, 2.24) is 9.88 Å². The summed E-state index contributed by atoms with van der Waals surface area (Å²) in [5, 5.41) is 8.84. The summed E-state index contributed by atoms with van der Waals surface area (Å²) >= 11 is 0. The Bertz CT molecular complexity index is 500. The molecule has 0 aliphatic carbocycles. The number of aliphatic carboxylic acids is 1. The van der Waals surface area contributed by atoms with Crippen molar-refractivity contribution in [2.75, 3.05) is 6.54 Å². The first-order valence-corrected chi connectivity index (χ1v) is 7.07. The number of amides is 1. The monoisotopic (exact) mass is 296 g/mol. The van der Waals surface area contributed by atoms with Gasteiger partial charge >= 0.3 is 5.97 Å². The average molecular weight is 296 g/mol. The molecule has 0 saturated carbocycles. The Morgan fingerprint density at radius 3 is 2.43 bits per heavy atom. The minimum atomic E-state index is -1.01. The molecule has 0 aromatic carbocycles. The second-order valence-corrected chi connectivity index (χ2v) is 6.38. The van der Waals surface area contributed by atoms with Gasteiger partial charge in [0, 0.05) is 24.3 Å². The second kappa shape index (κ2) is 6.74. The Labute approximate surface area is 125 Å². The summed E-state index contributed by atoms with van der Waals surface area (Å²) in [4.78, 5) is 28.4. The lowest BCUT2D eigenvalue weighted by Gasteiger charge is -2.24. The summed E-state index contributed by atoms with van der Waals surface area (Å²) in [6.45, 7) is 9.38. The number of hydrogen-bond acceptors (Lipinski definition) is 4. The van der Waals surface area contributed by atoms with Crippen molar-refractivity contribution in [1.29, 1.82) is 0 Å². The van der Waals surface area contributed by atoms with Crippen LogP contribution < -0.4 is 0 Å². The number of nitrogens with zero attached hydrogens (tertiary/aromatic N) is 2. The van der Waals surface area contributed by atoms with Crippen molar-refractivity contribution >= 4 is 11.9 Å². The van der Waals surface area contributed by atoms with Gasteiger partial charge in [-0.2, -0.15) is 0 Å². The zero-order valence-electron chi connectivity index (χ0n) is 13.3. The predicted octanol–water partition coefficient (Wildman–Crippen LogP) is 2.23. The van der Waals surface area contributed by atoms with Gasteiger partial charge in [-0.1, -0.05) is 20.8 Å². The van der Waals surface area contributed by atoms with E-state index in [2.05, 4.69) is 4.98 Å². The van der Waals surface area contributed by atoms with Gasteiger partial charge in [0.1, 0.15) is 12.3 Å². The fourth-order valence-corrected chi connectivity index (χ4v) is 1.83. The molecule has 0 spiro atoms. The minimum absolute atomic E-state index is 0.122. The number of hydrogen-bond donors (Lipinski definition) is 1. The average Bonchev–Trinajstić information content (AvgIpc) is 2.81. The summed E-state index contributed by atoms with van der Waals surface area (Å²) in [7, 11) is 0. The zero-order valence-corrected chi connectivity index (χ0v) is 13.3. The lowest BCUT2D eigenvalue weighted by molar-refractivity contribution is -0.145. The highest BCUT2D eigenvalue weighted by atomic mass is 16.4. The SMILES string of the molecule is CC(C)N(CC(=O)O)C(=O)CCc1ncc(C(C)(C)C)o1.